The molecule has 8 heteroatoms. The number of hydrogen-bond donors (Lipinski definition) is 1. The Kier molecular flexibility index (Phi) is 3.41. The molecule has 2 rings (SSSR count). The number of nitrogen functional groups attached to an aromatic ring is 1. The van der Waals surface area contributed by atoms with E-state index in [1.54, 1.807) is 0 Å². The van der Waals surface area contributed by atoms with Gasteiger partial charge in [0.1, 0.15) is 4.47 Å². The van der Waals surface area contributed by atoms with Gasteiger partial charge >= 0.3 is 6.18 Å². The Bertz CT molecular complexity index is 595. The van der Waals surface area contributed by atoms with E-state index in [1.807, 2.05) is 0 Å². The molecule has 0 spiro atoms. The molecule has 1 aromatic carbocycles. The van der Waals surface area contributed by atoms with E-state index < -0.39 is 11.7 Å². The first-order chi connectivity index (χ1) is 8.30. The lowest BCUT2D eigenvalue weighted by atomic mass is 10.1. The van der Waals surface area contributed by atoms with Crippen LogP contribution in [0.15, 0.2) is 31.7 Å². The van der Waals surface area contributed by atoms with Crippen LogP contribution in [0, 0.1) is 0 Å². The average Bonchev–Trinajstić information content (AvgIpc) is 2.59. The van der Waals surface area contributed by atoms with Gasteiger partial charge in [0.2, 0.25) is 0 Å². The first-order valence-electron chi connectivity index (χ1n) is 4.58. The Morgan fingerprint density at radius 2 is 1.89 bits per heavy atom. The standard InChI is InChI=1S/C10H5Br2F3N2O/c11-4-1-2-5(6(3-4)10(13,14)15)8-7(12)9(16)17-18-8/h1-3H,(H2,16,17). The normalized spacial score (nSPS) is 11.8. The second-order valence-electron chi connectivity index (χ2n) is 3.40. The molecule has 0 saturated heterocycles. The lowest BCUT2D eigenvalue weighted by Crippen LogP contribution is -2.07. The molecule has 0 bridgehead atoms. The summed E-state index contributed by atoms with van der Waals surface area (Å²) in [5.41, 5.74) is 4.48. The van der Waals surface area contributed by atoms with Crippen molar-refractivity contribution in [2.75, 3.05) is 5.73 Å². The minimum Gasteiger partial charge on any atom is -0.380 e. The van der Waals surface area contributed by atoms with Gasteiger partial charge in [-0.3, -0.25) is 0 Å². The fourth-order valence-corrected chi connectivity index (χ4v) is 2.13. The molecule has 2 N–H and O–H groups in total. The van der Waals surface area contributed by atoms with Gasteiger partial charge in [-0.05, 0) is 34.1 Å². The van der Waals surface area contributed by atoms with Gasteiger partial charge in [-0.2, -0.15) is 13.2 Å². The van der Waals surface area contributed by atoms with E-state index in [9.17, 15) is 13.2 Å². The number of nitrogens with two attached hydrogens (primary N) is 1. The second kappa shape index (κ2) is 4.58. The Morgan fingerprint density at radius 3 is 2.39 bits per heavy atom. The third-order valence-electron chi connectivity index (χ3n) is 2.19. The summed E-state index contributed by atoms with van der Waals surface area (Å²) in [5.74, 6) is -0.0478. The van der Waals surface area contributed by atoms with Gasteiger partial charge in [-0.1, -0.05) is 21.1 Å². The molecule has 1 aromatic heterocycles. The number of nitrogens with zero attached hydrogens (tertiary/aromatic N) is 1. The van der Waals surface area contributed by atoms with Crippen LogP contribution in [0.4, 0.5) is 19.0 Å². The maximum Gasteiger partial charge on any atom is 0.417 e. The minimum absolute atomic E-state index is 0.000966. The van der Waals surface area contributed by atoms with E-state index >= 15 is 0 Å². The van der Waals surface area contributed by atoms with E-state index in [0.717, 1.165) is 6.07 Å². The van der Waals surface area contributed by atoms with Gasteiger partial charge < -0.3 is 10.3 Å². The predicted octanol–water partition coefficient (Wildman–Crippen LogP) is 4.47. The van der Waals surface area contributed by atoms with Crippen molar-refractivity contribution < 1.29 is 17.7 Å². The van der Waals surface area contributed by atoms with Crippen LogP contribution in [-0.2, 0) is 6.18 Å². The van der Waals surface area contributed by atoms with Crippen molar-refractivity contribution in [3.05, 3.63) is 32.7 Å². The zero-order valence-corrected chi connectivity index (χ0v) is 11.7. The summed E-state index contributed by atoms with van der Waals surface area (Å²) in [5, 5.41) is 3.41. The van der Waals surface area contributed by atoms with Gasteiger partial charge in [0.25, 0.3) is 0 Å². The topological polar surface area (TPSA) is 52.0 Å². The maximum absolute atomic E-state index is 12.9. The number of hydrogen-bond acceptors (Lipinski definition) is 3. The number of alkyl halides is 3. The molecule has 0 fully saturated rings. The summed E-state index contributed by atoms with van der Waals surface area (Å²) in [4.78, 5) is 0. The molecule has 0 aliphatic carbocycles. The van der Waals surface area contributed by atoms with Crippen LogP contribution in [0.2, 0.25) is 0 Å². The van der Waals surface area contributed by atoms with Crippen molar-refractivity contribution in [3.63, 3.8) is 0 Å². The fraction of sp³-hybridized carbons (Fsp3) is 0.100. The number of rotatable bonds is 1. The van der Waals surface area contributed by atoms with E-state index in [4.69, 9.17) is 10.3 Å². The largest absolute Gasteiger partial charge is 0.417 e. The van der Waals surface area contributed by atoms with Crippen LogP contribution < -0.4 is 5.73 Å². The molecule has 0 atom stereocenters. The quantitative estimate of drug-likeness (QED) is 0.787. The van der Waals surface area contributed by atoms with E-state index in [2.05, 4.69) is 37.0 Å². The number of aromatic nitrogens is 1. The van der Waals surface area contributed by atoms with Crippen molar-refractivity contribution in [1.29, 1.82) is 0 Å². The molecule has 2 aromatic rings. The highest BCUT2D eigenvalue weighted by atomic mass is 79.9. The van der Waals surface area contributed by atoms with Gasteiger partial charge in [0.15, 0.2) is 11.6 Å². The molecule has 3 nitrogen and oxygen atoms in total. The molecular weight excluding hydrogens is 381 g/mol. The highest BCUT2D eigenvalue weighted by molar-refractivity contribution is 9.11. The van der Waals surface area contributed by atoms with Crippen LogP contribution in [0.1, 0.15) is 5.56 Å². The van der Waals surface area contributed by atoms with Crippen molar-refractivity contribution in [2.24, 2.45) is 0 Å². The van der Waals surface area contributed by atoms with E-state index in [1.165, 1.54) is 12.1 Å². The monoisotopic (exact) mass is 384 g/mol. The summed E-state index contributed by atoms with van der Waals surface area (Å²) in [6.45, 7) is 0. The van der Waals surface area contributed by atoms with E-state index in [0.29, 0.717) is 4.47 Å². The molecule has 0 aliphatic heterocycles. The lowest BCUT2D eigenvalue weighted by Gasteiger charge is -2.11. The van der Waals surface area contributed by atoms with Gasteiger partial charge in [0.05, 0.1) is 5.56 Å². The zero-order chi connectivity index (χ0) is 13.5. The molecular formula is C10H5Br2F3N2O. The van der Waals surface area contributed by atoms with Crippen LogP contribution in [-0.4, -0.2) is 5.16 Å². The molecule has 0 radical (unpaired) electrons. The Balaban J connectivity index is 2.68. The van der Waals surface area contributed by atoms with Crippen molar-refractivity contribution >= 4 is 37.7 Å². The predicted molar refractivity (Wildman–Crippen MR) is 66.8 cm³/mol. The molecule has 18 heavy (non-hydrogen) atoms. The highest BCUT2D eigenvalue weighted by Crippen LogP contribution is 2.42. The lowest BCUT2D eigenvalue weighted by molar-refractivity contribution is -0.137. The Morgan fingerprint density at radius 1 is 1.22 bits per heavy atom. The fourth-order valence-electron chi connectivity index (χ4n) is 1.41. The van der Waals surface area contributed by atoms with E-state index in [-0.39, 0.29) is 21.6 Å². The highest BCUT2D eigenvalue weighted by Gasteiger charge is 2.35. The van der Waals surface area contributed by atoms with Crippen LogP contribution >= 0.6 is 31.9 Å². The molecule has 0 saturated carbocycles. The van der Waals surface area contributed by atoms with Crippen molar-refractivity contribution in [2.45, 2.75) is 6.18 Å². The minimum atomic E-state index is -4.50. The van der Waals surface area contributed by atoms with Crippen LogP contribution in [0.25, 0.3) is 11.3 Å². The first kappa shape index (κ1) is 13.4. The zero-order valence-electron chi connectivity index (χ0n) is 8.55. The van der Waals surface area contributed by atoms with Crippen LogP contribution in [0.5, 0.6) is 0 Å². The maximum atomic E-state index is 12.9. The smallest absolute Gasteiger partial charge is 0.380 e. The van der Waals surface area contributed by atoms with Gasteiger partial charge in [-0.15, -0.1) is 0 Å². The third-order valence-corrected chi connectivity index (χ3v) is 3.45. The second-order valence-corrected chi connectivity index (χ2v) is 5.11. The summed E-state index contributed by atoms with van der Waals surface area (Å²) in [6, 6.07) is 3.74. The van der Waals surface area contributed by atoms with Gasteiger partial charge in [0, 0.05) is 10.0 Å². The average molecular weight is 386 g/mol. The third kappa shape index (κ3) is 2.39. The summed E-state index contributed by atoms with van der Waals surface area (Å²) in [7, 11) is 0. The molecule has 0 aliphatic rings. The SMILES string of the molecule is Nc1noc(-c2ccc(Br)cc2C(F)(F)F)c1Br. The van der Waals surface area contributed by atoms with Crippen LogP contribution in [0.3, 0.4) is 0 Å². The summed E-state index contributed by atoms with van der Waals surface area (Å²) < 4.78 is 44.1. The Hall–Kier alpha value is -1.02. The molecule has 0 amide bonds. The molecule has 96 valence electrons. The number of anilines is 1. The number of halogens is 5. The summed E-state index contributed by atoms with van der Waals surface area (Å²) >= 11 is 6.05. The number of benzene rings is 1. The van der Waals surface area contributed by atoms with Crippen molar-refractivity contribution in [3.8, 4) is 11.3 Å². The van der Waals surface area contributed by atoms with Gasteiger partial charge in [-0.25, -0.2) is 0 Å². The molecule has 1 heterocycles. The van der Waals surface area contributed by atoms with Crippen molar-refractivity contribution in [1.82, 2.24) is 5.16 Å². The Labute approximate surface area is 116 Å². The summed E-state index contributed by atoms with van der Waals surface area (Å²) in [6.07, 6.45) is -4.50. The first-order valence-corrected chi connectivity index (χ1v) is 6.17. The molecule has 0 unspecified atom stereocenters.